The Morgan fingerprint density at radius 3 is 0.917 bits per heavy atom. The third-order valence-electron chi connectivity index (χ3n) is 9.20. The molecule has 0 spiro atoms. The Kier molecular flexibility index (Phi) is 6.66. The van der Waals surface area contributed by atoms with Crippen molar-refractivity contribution in [3.05, 3.63) is 170 Å². The lowest BCUT2D eigenvalue weighted by Crippen LogP contribution is -2.30. The molecule has 0 saturated carbocycles. The fraction of sp³-hybridized carbons (Fsp3) is 0. The summed E-state index contributed by atoms with van der Waals surface area (Å²) in [5, 5.41) is 6.64. The molecule has 0 atom stereocenters. The Morgan fingerprint density at radius 2 is 0.604 bits per heavy atom. The molecule has 4 nitrogen and oxygen atoms in total. The second-order valence-corrected chi connectivity index (χ2v) is 17.3. The second-order valence-electron chi connectivity index (χ2n) is 11.9. The van der Waals surface area contributed by atoms with Crippen molar-refractivity contribution in [2.45, 2.75) is 0 Å². The van der Waals surface area contributed by atoms with E-state index in [4.69, 9.17) is 8.83 Å². The van der Waals surface area contributed by atoms with Gasteiger partial charge in [0.2, 0.25) is 0 Å². The molecule has 7 aromatic carbocycles. The van der Waals surface area contributed by atoms with Gasteiger partial charge in [0, 0.05) is 42.8 Å². The number of furan rings is 2. The zero-order valence-corrected chi connectivity index (χ0v) is 27.5. The van der Waals surface area contributed by atoms with Crippen LogP contribution in [0.25, 0.3) is 43.9 Å². The first-order valence-electron chi connectivity index (χ1n) is 15.8. The number of hydrogen-bond donors (Lipinski definition) is 0. The van der Waals surface area contributed by atoms with Crippen molar-refractivity contribution >= 4 is 90.0 Å². The molecule has 9 rings (SSSR count). The quantitative estimate of drug-likeness (QED) is 0.168. The predicted molar refractivity (Wildman–Crippen MR) is 200 cm³/mol. The van der Waals surface area contributed by atoms with Crippen LogP contribution in [-0.4, -0.2) is 0 Å². The molecular weight excluding hydrogens is 630 g/mol. The molecule has 48 heavy (non-hydrogen) atoms. The lowest BCUT2D eigenvalue weighted by atomic mass is 10.1. The molecule has 0 unspecified atom stereocenters. The zero-order valence-electron chi connectivity index (χ0n) is 25.7. The maximum absolute atomic E-state index is 16.4. The summed E-state index contributed by atoms with van der Waals surface area (Å²) in [7, 11) is -7.31. The summed E-state index contributed by atoms with van der Waals surface area (Å²) < 4.78 is 46.5. The largest absolute Gasteiger partial charge is 0.455 e. The van der Waals surface area contributed by atoms with Gasteiger partial charge < -0.3 is 18.0 Å². The molecule has 0 amide bonds. The zero-order chi connectivity index (χ0) is 32.3. The molecule has 0 aliphatic rings. The van der Waals surface area contributed by atoms with Crippen LogP contribution in [-0.2, 0) is 9.13 Å². The molecule has 2 aromatic heterocycles. The highest BCUT2D eigenvalue weighted by Crippen LogP contribution is 2.54. The SMILES string of the molecule is O=P(c1ccccc1)(c1ccccc1)c1c2oc3ccccc3c2c(P(=O)(c2ccccc2)c2ccccc2)c2oc3ccccc3c12. The number of benzene rings is 7. The summed E-state index contributed by atoms with van der Waals surface area (Å²) in [4.78, 5) is 0. The van der Waals surface area contributed by atoms with Crippen LogP contribution >= 0.6 is 14.3 Å². The van der Waals surface area contributed by atoms with E-state index in [9.17, 15) is 0 Å². The van der Waals surface area contributed by atoms with Crippen LogP contribution in [0.2, 0.25) is 0 Å². The minimum Gasteiger partial charge on any atom is -0.455 e. The molecule has 0 aliphatic carbocycles. The van der Waals surface area contributed by atoms with E-state index < -0.39 is 14.3 Å². The molecule has 0 fully saturated rings. The van der Waals surface area contributed by atoms with Crippen molar-refractivity contribution in [3.63, 3.8) is 0 Å². The molecule has 2 heterocycles. The van der Waals surface area contributed by atoms with E-state index in [0.717, 1.165) is 10.8 Å². The fourth-order valence-corrected chi connectivity index (χ4v) is 13.0. The first kappa shape index (κ1) is 28.8. The van der Waals surface area contributed by atoms with Crippen molar-refractivity contribution in [1.29, 1.82) is 0 Å². The summed E-state index contributed by atoms with van der Waals surface area (Å²) in [5.74, 6) is 0. The highest BCUT2D eigenvalue weighted by atomic mass is 31.2. The van der Waals surface area contributed by atoms with Crippen LogP contribution in [0.4, 0.5) is 0 Å². The minimum absolute atomic E-state index is 0.452. The van der Waals surface area contributed by atoms with Crippen molar-refractivity contribution in [3.8, 4) is 0 Å². The Balaban J connectivity index is 1.60. The number of hydrogen-bond acceptors (Lipinski definition) is 4. The van der Waals surface area contributed by atoms with Crippen molar-refractivity contribution in [2.75, 3.05) is 0 Å². The highest BCUT2D eigenvalue weighted by Gasteiger charge is 2.43. The predicted octanol–water partition coefficient (Wildman–Crippen LogP) is 8.76. The molecule has 0 aliphatic heterocycles. The Bertz CT molecular complexity index is 2440. The van der Waals surface area contributed by atoms with Gasteiger partial charge in [-0.25, -0.2) is 0 Å². The first-order chi connectivity index (χ1) is 23.6. The van der Waals surface area contributed by atoms with E-state index in [1.165, 1.54) is 0 Å². The van der Waals surface area contributed by atoms with Crippen LogP contribution in [0.1, 0.15) is 0 Å². The summed E-state index contributed by atoms with van der Waals surface area (Å²) >= 11 is 0. The van der Waals surface area contributed by atoms with Crippen LogP contribution in [0.15, 0.2) is 179 Å². The average molecular weight is 659 g/mol. The third-order valence-corrected chi connectivity index (χ3v) is 15.4. The Morgan fingerprint density at radius 1 is 0.333 bits per heavy atom. The van der Waals surface area contributed by atoms with Gasteiger partial charge in [-0.05, 0) is 12.1 Å². The third kappa shape index (κ3) is 4.10. The normalized spacial score (nSPS) is 12.3. The van der Waals surface area contributed by atoms with Gasteiger partial charge in [-0.3, -0.25) is 0 Å². The van der Waals surface area contributed by atoms with Gasteiger partial charge in [0.15, 0.2) is 14.3 Å². The van der Waals surface area contributed by atoms with E-state index in [0.29, 0.717) is 64.9 Å². The smallest absolute Gasteiger partial charge is 0.175 e. The highest BCUT2D eigenvalue weighted by molar-refractivity contribution is 7.87. The number of para-hydroxylation sites is 2. The summed E-state index contributed by atoms with van der Waals surface area (Å²) in [6.45, 7) is 0. The van der Waals surface area contributed by atoms with Gasteiger partial charge in [-0.1, -0.05) is 158 Å². The molecular formula is C42H28O4P2. The van der Waals surface area contributed by atoms with E-state index in [2.05, 4.69) is 0 Å². The van der Waals surface area contributed by atoms with E-state index in [1.54, 1.807) is 0 Å². The van der Waals surface area contributed by atoms with Crippen molar-refractivity contribution < 1.29 is 18.0 Å². The van der Waals surface area contributed by atoms with Gasteiger partial charge in [0.25, 0.3) is 0 Å². The molecule has 0 N–H and O–H groups in total. The minimum atomic E-state index is -3.65. The van der Waals surface area contributed by atoms with Gasteiger partial charge in [0.05, 0.1) is 10.6 Å². The fourth-order valence-electron chi connectivity index (χ4n) is 7.09. The van der Waals surface area contributed by atoms with E-state index >= 15 is 9.13 Å². The molecule has 0 bridgehead atoms. The maximum Gasteiger partial charge on any atom is 0.175 e. The second kappa shape index (κ2) is 11.1. The Labute approximate surface area is 277 Å². The summed E-state index contributed by atoms with van der Waals surface area (Å²) in [5.41, 5.74) is 2.14. The lowest BCUT2D eigenvalue weighted by molar-refractivity contribution is 0.591. The Hall–Kier alpha value is -5.40. The van der Waals surface area contributed by atoms with Gasteiger partial charge in [-0.15, -0.1) is 0 Å². The van der Waals surface area contributed by atoms with Gasteiger partial charge >= 0.3 is 0 Å². The topological polar surface area (TPSA) is 60.4 Å². The average Bonchev–Trinajstić information content (AvgIpc) is 3.73. The van der Waals surface area contributed by atoms with Crippen LogP contribution < -0.4 is 31.8 Å². The van der Waals surface area contributed by atoms with Crippen molar-refractivity contribution in [2.24, 2.45) is 0 Å². The molecule has 0 saturated heterocycles. The lowest BCUT2D eigenvalue weighted by Gasteiger charge is -2.25. The number of fused-ring (bicyclic) bond motifs is 6. The summed E-state index contributed by atoms with van der Waals surface area (Å²) in [6, 6.07) is 53.9. The first-order valence-corrected chi connectivity index (χ1v) is 19.2. The van der Waals surface area contributed by atoms with Crippen LogP contribution in [0.3, 0.4) is 0 Å². The molecule has 0 radical (unpaired) electrons. The number of rotatable bonds is 6. The standard InChI is InChI=1S/C42H28O4P2/c43-47(29-17-5-1-6-18-29,30-19-7-2-8-20-30)41-37-33-25-13-15-27-35(33)46-40(37)42(38-34-26-14-16-28-36(34)45-39(38)41)48(44,31-21-9-3-10-22-31)32-23-11-4-12-24-32/h1-28H. The molecule has 6 heteroatoms. The van der Waals surface area contributed by atoms with E-state index in [1.807, 2.05) is 170 Å². The van der Waals surface area contributed by atoms with Gasteiger partial charge in [0.1, 0.15) is 22.3 Å². The van der Waals surface area contributed by atoms with Crippen LogP contribution in [0, 0.1) is 0 Å². The monoisotopic (exact) mass is 658 g/mol. The van der Waals surface area contributed by atoms with Crippen molar-refractivity contribution in [1.82, 2.24) is 0 Å². The maximum atomic E-state index is 16.4. The van der Waals surface area contributed by atoms with E-state index in [-0.39, 0.29) is 0 Å². The van der Waals surface area contributed by atoms with Crippen LogP contribution in [0.5, 0.6) is 0 Å². The molecule has 9 aromatic rings. The van der Waals surface area contributed by atoms with Gasteiger partial charge in [-0.2, -0.15) is 0 Å². The molecule has 230 valence electrons. The summed E-state index contributed by atoms with van der Waals surface area (Å²) in [6.07, 6.45) is 0.